The molecule has 2 aliphatic rings. The van der Waals surface area contributed by atoms with Crippen LogP contribution in [0.1, 0.15) is 46.5 Å². The monoisotopic (exact) mass is 423 g/mol. The van der Waals surface area contributed by atoms with Crippen LogP contribution in [0.25, 0.3) is 0 Å². The minimum atomic E-state index is -3.36. The summed E-state index contributed by atoms with van der Waals surface area (Å²) in [5.74, 6) is -0.0707. The quantitative estimate of drug-likeness (QED) is 0.760. The first-order valence-corrected chi connectivity index (χ1v) is 11.9. The Morgan fingerprint density at radius 3 is 2.38 bits per heavy atom. The van der Waals surface area contributed by atoms with Gasteiger partial charge in [0.05, 0.1) is 18.0 Å². The Kier molecular flexibility index (Phi) is 6.86. The summed E-state index contributed by atoms with van der Waals surface area (Å²) in [7, 11) is -3.36. The third-order valence-corrected chi connectivity index (χ3v) is 7.97. The lowest BCUT2D eigenvalue weighted by atomic mass is 9.86. The molecule has 2 N–H and O–H groups in total. The van der Waals surface area contributed by atoms with E-state index in [0.29, 0.717) is 25.7 Å². The van der Waals surface area contributed by atoms with Gasteiger partial charge in [0.2, 0.25) is 15.9 Å². The Balaban J connectivity index is 1.52. The van der Waals surface area contributed by atoms with Crippen LogP contribution in [0.2, 0.25) is 0 Å². The zero-order chi connectivity index (χ0) is 21.1. The molecule has 2 fully saturated rings. The van der Waals surface area contributed by atoms with Crippen molar-refractivity contribution in [2.75, 3.05) is 36.5 Å². The van der Waals surface area contributed by atoms with E-state index in [4.69, 9.17) is 4.74 Å². The van der Waals surface area contributed by atoms with Crippen LogP contribution in [0.4, 0.5) is 11.4 Å². The number of hydrogen-bond donors (Lipinski definition) is 2. The summed E-state index contributed by atoms with van der Waals surface area (Å²) in [5.41, 5.74) is 1.89. The smallest absolute Gasteiger partial charge is 0.227 e. The van der Waals surface area contributed by atoms with Crippen molar-refractivity contribution in [3.63, 3.8) is 0 Å². The number of rotatable bonds is 5. The lowest BCUT2D eigenvalue weighted by Gasteiger charge is -2.31. The first kappa shape index (κ1) is 22.1. The number of hydrogen-bond acceptors (Lipinski definition) is 5. The van der Waals surface area contributed by atoms with E-state index in [2.05, 4.69) is 14.9 Å². The SMILES string of the molecule is CC(C)(C)S(=O)(=O)NC1CCC(C(=O)Nc2cccc(N3CCOCC3)c2)CC1. The fraction of sp³-hybridized carbons (Fsp3) is 0.667. The number of amides is 1. The van der Waals surface area contributed by atoms with E-state index in [1.807, 2.05) is 24.3 Å². The van der Waals surface area contributed by atoms with Crippen molar-refractivity contribution < 1.29 is 17.9 Å². The summed E-state index contributed by atoms with van der Waals surface area (Å²) < 4.78 is 32.1. The number of ether oxygens (including phenoxy) is 1. The van der Waals surface area contributed by atoms with Gasteiger partial charge in [0.1, 0.15) is 0 Å². The molecule has 1 heterocycles. The highest BCUT2D eigenvalue weighted by molar-refractivity contribution is 7.90. The van der Waals surface area contributed by atoms with E-state index < -0.39 is 14.8 Å². The molecule has 8 heteroatoms. The minimum absolute atomic E-state index is 0.0151. The Morgan fingerprint density at radius 2 is 1.76 bits per heavy atom. The Hall–Kier alpha value is -1.64. The van der Waals surface area contributed by atoms with Gasteiger partial charge < -0.3 is 15.0 Å². The molecule has 29 heavy (non-hydrogen) atoms. The van der Waals surface area contributed by atoms with Gasteiger partial charge in [0.25, 0.3) is 0 Å². The van der Waals surface area contributed by atoms with Crippen LogP contribution in [0.15, 0.2) is 24.3 Å². The van der Waals surface area contributed by atoms with Gasteiger partial charge in [-0.2, -0.15) is 0 Å². The van der Waals surface area contributed by atoms with Crippen LogP contribution in [0.5, 0.6) is 0 Å². The van der Waals surface area contributed by atoms with Gasteiger partial charge in [0.15, 0.2) is 0 Å². The van der Waals surface area contributed by atoms with E-state index in [9.17, 15) is 13.2 Å². The van der Waals surface area contributed by atoms with E-state index in [1.54, 1.807) is 20.8 Å². The third-order valence-electron chi connectivity index (χ3n) is 5.72. The van der Waals surface area contributed by atoms with Crippen molar-refractivity contribution in [2.24, 2.45) is 5.92 Å². The van der Waals surface area contributed by atoms with Crippen LogP contribution >= 0.6 is 0 Å². The minimum Gasteiger partial charge on any atom is -0.378 e. The molecule has 162 valence electrons. The van der Waals surface area contributed by atoms with E-state index in [0.717, 1.165) is 37.7 Å². The molecule has 1 saturated heterocycles. The van der Waals surface area contributed by atoms with Crippen LogP contribution in [-0.4, -0.2) is 51.4 Å². The van der Waals surface area contributed by atoms with Crippen LogP contribution in [-0.2, 0) is 19.6 Å². The van der Waals surface area contributed by atoms with Gasteiger partial charge in [-0.15, -0.1) is 0 Å². The summed E-state index contributed by atoms with van der Waals surface area (Å²) in [6, 6.07) is 7.83. The average molecular weight is 424 g/mol. The summed E-state index contributed by atoms with van der Waals surface area (Å²) in [4.78, 5) is 15.0. The molecule has 0 atom stereocenters. The Labute approximate surface area is 174 Å². The molecule has 7 nitrogen and oxygen atoms in total. The molecular formula is C21H33N3O4S. The molecule has 1 aromatic rings. The van der Waals surface area contributed by atoms with Gasteiger partial charge in [-0.05, 0) is 64.7 Å². The number of carbonyl (C=O) groups is 1. The van der Waals surface area contributed by atoms with Crippen LogP contribution in [0.3, 0.4) is 0 Å². The molecule has 0 aromatic heterocycles. The van der Waals surface area contributed by atoms with Gasteiger partial charge in [0, 0.05) is 36.4 Å². The van der Waals surface area contributed by atoms with Crippen molar-refractivity contribution in [3.05, 3.63) is 24.3 Å². The van der Waals surface area contributed by atoms with Crippen molar-refractivity contribution in [1.82, 2.24) is 4.72 Å². The zero-order valence-electron chi connectivity index (χ0n) is 17.6. The highest BCUT2D eigenvalue weighted by Crippen LogP contribution is 2.28. The van der Waals surface area contributed by atoms with Crippen molar-refractivity contribution in [1.29, 1.82) is 0 Å². The van der Waals surface area contributed by atoms with Gasteiger partial charge in [-0.25, -0.2) is 13.1 Å². The van der Waals surface area contributed by atoms with Crippen molar-refractivity contribution in [2.45, 2.75) is 57.2 Å². The molecule has 3 rings (SSSR count). The molecule has 1 aromatic carbocycles. The second-order valence-electron chi connectivity index (χ2n) is 8.92. The number of benzene rings is 1. The first-order chi connectivity index (χ1) is 13.7. The fourth-order valence-electron chi connectivity index (χ4n) is 3.72. The maximum Gasteiger partial charge on any atom is 0.227 e. The number of sulfonamides is 1. The molecule has 1 saturated carbocycles. The average Bonchev–Trinajstić information content (AvgIpc) is 2.68. The van der Waals surface area contributed by atoms with Gasteiger partial charge in [-0.3, -0.25) is 4.79 Å². The molecule has 1 aliphatic carbocycles. The second kappa shape index (κ2) is 9.02. The number of carbonyl (C=O) groups excluding carboxylic acids is 1. The summed E-state index contributed by atoms with van der Waals surface area (Å²) in [6.07, 6.45) is 2.74. The highest BCUT2D eigenvalue weighted by Gasteiger charge is 2.34. The largest absolute Gasteiger partial charge is 0.378 e. The summed E-state index contributed by atoms with van der Waals surface area (Å²) in [5, 5.41) is 3.04. The predicted molar refractivity (Wildman–Crippen MR) is 116 cm³/mol. The topological polar surface area (TPSA) is 87.7 Å². The van der Waals surface area contributed by atoms with Crippen molar-refractivity contribution >= 4 is 27.3 Å². The lowest BCUT2D eigenvalue weighted by molar-refractivity contribution is -0.120. The number of morpholine rings is 1. The molecular weight excluding hydrogens is 390 g/mol. The van der Waals surface area contributed by atoms with E-state index >= 15 is 0 Å². The molecule has 0 unspecified atom stereocenters. The summed E-state index contributed by atoms with van der Waals surface area (Å²) >= 11 is 0. The van der Waals surface area contributed by atoms with E-state index in [-0.39, 0.29) is 17.9 Å². The Bertz CT molecular complexity index is 805. The highest BCUT2D eigenvalue weighted by atomic mass is 32.2. The standard InChI is InChI=1S/C21H33N3O4S/c1-21(2,3)29(26,27)23-17-9-7-16(8-10-17)20(25)22-18-5-4-6-19(15-18)24-11-13-28-14-12-24/h4-6,15-17,23H,7-14H2,1-3H3,(H,22,25). The maximum absolute atomic E-state index is 12.7. The molecule has 0 spiro atoms. The summed E-state index contributed by atoms with van der Waals surface area (Å²) in [6.45, 7) is 8.23. The molecule has 1 aliphatic heterocycles. The number of anilines is 2. The normalized spacial score (nSPS) is 23.6. The van der Waals surface area contributed by atoms with Gasteiger partial charge in [-0.1, -0.05) is 6.07 Å². The van der Waals surface area contributed by atoms with Crippen molar-refractivity contribution in [3.8, 4) is 0 Å². The molecule has 1 amide bonds. The lowest BCUT2D eigenvalue weighted by Crippen LogP contribution is -2.46. The molecule has 0 radical (unpaired) electrons. The van der Waals surface area contributed by atoms with Crippen LogP contribution in [0, 0.1) is 5.92 Å². The maximum atomic E-state index is 12.7. The van der Waals surface area contributed by atoms with Gasteiger partial charge >= 0.3 is 0 Å². The Morgan fingerprint density at radius 1 is 1.10 bits per heavy atom. The predicted octanol–water partition coefficient (Wildman–Crippen LogP) is 2.74. The second-order valence-corrected chi connectivity index (χ2v) is 11.4. The fourth-order valence-corrected chi connectivity index (χ4v) is 4.74. The molecule has 0 bridgehead atoms. The number of nitrogens with one attached hydrogen (secondary N) is 2. The van der Waals surface area contributed by atoms with Crippen LogP contribution < -0.4 is 14.9 Å². The number of nitrogens with zero attached hydrogens (tertiary/aromatic N) is 1. The van der Waals surface area contributed by atoms with E-state index in [1.165, 1.54) is 0 Å². The zero-order valence-corrected chi connectivity index (χ0v) is 18.4. The third kappa shape index (κ3) is 5.71. The first-order valence-electron chi connectivity index (χ1n) is 10.4.